The van der Waals surface area contributed by atoms with Gasteiger partial charge in [-0.1, -0.05) is 42.5 Å². The summed E-state index contributed by atoms with van der Waals surface area (Å²) >= 11 is 0. The van der Waals surface area contributed by atoms with Crippen LogP contribution in [0.25, 0.3) is 0 Å². The Kier molecular flexibility index (Phi) is 10.4. The second-order valence-corrected chi connectivity index (χ2v) is 10.0. The SMILES string of the molecule is CC(=O)O[C@@H](C)C(=O)Nc1cccc([C@H]2O[C@@H](CN(C)CCc3ccccn3)C[C@@H](c3ccc(CO)cc3)O2)c1. The first-order chi connectivity index (χ1) is 19.3. The highest BCUT2D eigenvalue weighted by molar-refractivity contribution is 5.95. The van der Waals surface area contributed by atoms with E-state index in [4.69, 9.17) is 14.2 Å². The summed E-state index contributed by atoms with van der Waals surface area (Å²) in [5.74, 6) is -0.943. The Balaban J connectivity index is 1.48. The van der Waals surface area contributed by atoms with Crippen molar-refractivity contribution in [2.45, 2.75) is 57.9 Å². The van der Waals surface area contributed by atoms with Crippen LogP contribution in [-0.4, -0.2) is 59.2 Å². The van der Waals surface area contributed by atoms with Crippen LogP contribution in [0.1, 0.15) is 55.0 Å². The van der Waals surface area contributed by atoms with Gasteiger partial charge in [-0.15, -0.1) is 0 Å². The molecule has 4 atom stereocenters. The number of carbonyl (C=O) groups excluding carboxylic acids is 2. The summed E-state index contributed by atoms with van der Waals surface area (Å²) in [7, 11) is 2.07. The number of amides is 1. The maximum atomic E-state index is 12.5. The van der Waals surface area contributed by atoms with E-state index in [0.717, 1.165) is 35.3 Å². The maximum absolute atomic E-state index is 12.5. The zero-order valence-corrected chi connectivity index (χ0v) is 23.2. The van der Waals surface area contributed by atoms with Crippen LogP contribution >= 0.6 is 0 Å². The van der Waals surface area contributed by atoms with Crippen molar-refractivity contribution < 1.29 is 28.9 Å². The molecule has 0 unspecified atom stereocenters. The first-order valence-electron chi connectivity index (χ1n) is 13.5. The Morgan fingerprint density at radius 3 is 2.60 bits per heavy atom. The number of likely N-dealkylation sites (N-methyl/N-ethyl adjacent to an activating group) is 1. The van der Waals surface area contributed by atoms with Gasteiger partial charge in [-0.2, -0.15) is 0 Å². The van der Waals surface area contributed by atoms with Crippen LogP contribution in [-0.2, 0) is 36.8 Å². The molecular formula is C31H37N3O6. The molecule has 1 aromatic heterocycles. The van der Waals surface area contributed by atoms with E-state index in [1.54, 1.807) is 6.07 Å². The van der Waals surface area contributed by atoms with Crippen molar-refractivity contribution in [1.29, 1.82) is 0 Å². The van der Waals surface area contributed by atoms with E-state index in [1.807, 2.05) is 66.9 Å². The number of ether oxygens (including phenoxy) is 3. The van der Waals surface area contributed by atoms with Crippen LogP contribution in [0.4, 0.5) is 5.69 Å². The molecule has 4 rings (SSSR count). The third-order valence-electron chi connectivity index (χ3n) is 6.74. The van der Waals surface area contributed by atoms with Gasteiger partial charge >= 0.3 is 5.97 Å². The summed E-state index contributed by atoms with van der Waals surface area (Å²) in [5, 5.41) is 12.2. The molecule has 1 aliphatic rings. The van der Waals surface area contributed by atoms with Crippen molar-refractivity contribution in [3.05, 3.63) is 95.3 Å². The standard InChI is InChI=1S/C31H37N3O6/c1-21(38-22(2)36)30(37)33-27-9-6-7-25(17-27)31-39-28(19-34(3)16-14-26-8-4-5-15-32-26)18-29(40-31)24-12-10-23(20-35)11-13-24/h4-13,15,17,21,28-29,31,35H,14,16,18-20H2,1-3H3,(H,33,37)/t21-,28+,29-,31-/m0/s1. The number of aromatic nitrogens is 1. The quantitative estimate of drug-likeness (QED) is 0.344. The Morgan fingerprint density at radius 2 is 1.90 bits per heavy atom. The fraction of sp³-hybridized carbons (Fsp3) is 0.387. The number of nitrogens with one attached hydrogen (secondary N) is 1. The second kappa shape index (κ2) is 14.1. The summed E-state index contributed by atoms with van der Waals surface area (Å²) in [6, 6.07) is 21.0. The maximum Gasteiger partial charge on any atom is 0.303 e. The normalized spacial score (nSPS) is 19.7. The van der Waals surface area contributed by atoms with Gasteiger partial charge in [0.15, 0.2) is 12.4 Å². The predicted molar refractivity (Wildman–Crippen MR) is 150 cm³/mol. The summed E-state index contributed by atoms with van der Waals surface area (Å²) in [6.45, 7) is 4.31. The van der Waals surface area contributed by atoms with Gasteiger partial charge in [-0.25, -0.2) is 0 Å². The highest BCUT2D eigenvalue weighted by Crippen LogP contribution is 2.38. The average molecular weight is 548 g/mol. The molecule has 2 aromatic carbocycles. The van der Waals surface area contributed by atoms with Gasteiger partial charge < -0.3 is 29.5 Å². The van der Waals surface area contributed by atoms with Crippen LogP contribution in [0.5, 0.6) is 0 Å². The van der Waals surface area contributed by atoms with Gasteiger partial charge in [-0.05, 0) is 49.4 Å². The number of pyridine rings is 1. The number of aliphatic hydroxyl groups is 1. The molecule has 1 saturated heterocycles. The molecule has 2 heterocycles. The van der Waals surface area contributed by atoms with Crippen molar-refractivity contribution in [1.82, 2.24) is 9.88 Å². The summed E-state index contributed by atoms with van der Waals surface area (Å²) < 4.78 is 17.9. The molecule has 3 aromatic rings. The van der Waals surface area contributed by atoms with Crippen LogP contribution < -0.4 is 5.32 Å². The third-order valence-corrected chi connectivity index (χ3v) is 6.74. The monoisotopic (exact) mass is 547 g/mol. The number of benzene rings is 2. The summed E-state index contributed by atoms with van der Waals surface area (Å²) in [6.07, 6.45) is 1.40. The van der Waals surface area contributed by atoms with E-state index in [9.17, 15) is 14.7 Å². The van der Waals surface area contributed by atoms with E-state index >= 15 is 0 Å². The molecule has 1 aliphatic heterocycles. The number of rotatable bonds is 11. The smallest absolute Gasteiger partial charge is 0.303 e. The lowest BCUT2D eigenvalue weighted by Crippen LogP contribution is -2.38. The fourth-order valence-electron chi connectivity index (χ4n) is 4.63. The first-order valence-corrected chi connectivity index (χ1v) is 13.5. The van der Waals surface area contributed by atoms with Gasteiger partial charge in [0.1, 0.15) is 0 Å². The predicted octanol–water partition coefficient (Wildman–Crippen LogP) is 4.18. The van der Waals surface area contributed by atoms with Crippen LogP contribution in [0.3, 0.4) is 0 Å². The molecule has 9 heteroatoms. The molecular weight excluding hydrogens is 510 g/mol. The molecule has 0 aliphatic carbocycles. The van der Waals surface area contributed by atoms with Crippen molar-refractivity contribution in [3.63, 3.8) is 0 Å². The minimum Gasteiger partial charge on any atom is -0.453 e. The highest BCUT2D eigenvalue weighted by atomic mass is 16.7. The van der Waals surface area contributed by atoms with Crippen molar-refractivity contribution in [2.24, 2.45) is 0 Å². The largest absolute Gasteiger partial charge is 0.453 e. The van der Waals surface area contributed by atoms with E-state index < -0.39 is 24.3 Å². The van der Waals surface area contributed by atoms with Crippen LogP contribution in [0.15, 0.2) is 72.9 Å². The average Bonchev–Trinajstić information content (AvgIpc) is 2.96. The zero-order chi connectivity index (χ0) is 28.5. The lowest BCUT2D eigenvalue weighted by molar-refractivity contribution is -0.252. The Labute approximate surface area is 235 Å². The van der Waals surface area contributed by atoms with Gasteiger partial charge in [-0.3, -0.25) is 14.6 Å². The number of nitrogens with zero attached hydrogens (tertiary/aromatic N) is 2. The topological polar surface area (TPSA) is 110 Å². The fourth-order valence-corrected chi connectivity index (χ4v) is 4.63. The molecule has 0 bridgehead atoms. The molecule has 9 nitrogen and oxygen atoms in total. The van der Waals surface area contributed by atoms with Crippen LogP contribution in [0.2, 0.25) is 0 Å². The molecule has 0 spiro atoms. The van der Waals surface area contributed by atoms with E-state index in [2.05, 4.69) is 22.2 Å². The third kappa shape index (κ3) is 8.43. The van der Waals surface area contributed by atoms with Crippen molar-refractivity contribution in [3.8, 4) is 0 Å². The Bertz CT molecular complexity index is 1250. The Hall–Kier alpha value is -3.63. The summed E-state index contributed by atoms with van der Waals surface area (Å²) in [4.78, 5) is 30.4. The van der Waals surface area contributed by atoms with Crippen molar-refractivity contribution in [2.75, 3.05) is 25.5 Å². The molecule has 0 saturated carbocycles. The number of hydrogen-bond acceptors (Lipinski definition) is 8. The Morgan fingerprint density at radius 1 is 1.10 bits per heavy atom. The second-order valence-electron chi connectivity index (χ2n) is 10.0. The van der Waals surface area contributed by atoms with E-state index in [0.29, 0.717) is 18.7 Å². The van der Waals surface area contributed by atoms with Gasteiger partial charge in [0, 0.05) is 56.0 Å². The van der Waals surface area contributed by atoms with Gasteiger partial charge in [0.2, 0.25) is 0 Å². The summed E-state index contributed by atoms with van der Waals surface area (Å²) in [5.41, 5.74) is 4.20. The van der Waals surface area contributed by atoms with E-state index in [-0.39, 0.29) is 18.8 Å². The number of esters is 1. The minimum absolute atomic E-state index is 0.0180. The number of anilines is 1. The highest BCUT2D eigenvalue weighted by Gasteiger charge is 2.33. The molecule has 0 radical (unpaired) electrons. The molecule has 1 amide bonds. The molecule has 1 fully saturated rings. The lowest BCUT2D eigenvalue weighted by Gasteiger charge is -2.38. The van der Waals surface area contributed by atoms with Gasteiger partial charge in [0.05, 0.1) is 18.8 Å². The first kappa shape index (κ1) is 29.4. The van der Waals surface area contributed by atoms with Crippen LogP contribution in [0, 0.1) is 0 Å². The zero-order valence-electron chi connectivity index (χ0n) is 23.2. The minimum atomic E-state index is -0.916. The van der Waals surface area contributed by atoms with E-state index in [1.165, 1.54) is 13.8 Å². The number of carbonyl (C=O) groups is 2. The molecule has 40 heavy (non-hydrogen) atoms. The molecule has 2 N–H and O–H groups in total. The van der Waals surface area contributed by atoms with Crippen molar-refractivity contribution >= 4 is 17.6 Å². The lowest BCUT2D eigenvalue weighted by atomic mass is 9.99. The molecule has 212 valence electrons. The number of aliphatic hydroxyl groups excluding tert-OH is 1. The number of hydrogen-bond donors (Lipinski definition) is 2. The van der Waals surface area contributed by atoms with Gasteiger partial charge in [0.25, 0.3) is 5.91 Å².